The molecule has 0 aromatic rings. The minimum atomic E-state index is 0.676. The van der Waals surface area contributed by atoms with Crippen molar-refractivity contribution in [3.63, 3.8) is 0 Å². The maximum atomic E-state index is 5.62. The van der Waals surface area contributed by atoms with E-state index in [0.717, 1.165) is 19.3 Å². The first-order valence-electron chi connectivity index (χ1n) is 4.75. The first kappa shape index (κ1) is 11.9. The average molecular weight is 180 g/mol. The highest BCUT2D eigenvalue weighted by Crippen LogP contribution is 2.10. The van der Waals surface area contributed by atoms with Gasteiger partial charge in [0.2, 0.25) is 0 Å². The molecule has 74 valence electrons. The Morgan fingerprint density at radius 2 is 2.31 bits per heavy atom. The molecule has 0 saturated carbocycles. The van der Waals surface area contributed by atoms with Crippen LogP contribution in [0.15, 0.2) is 29.9 Å². The van der Waals surface area contributed by atoms with Gasteiger partial charge in [-0.05, 0) is 25.7 Å². The van der Waals surface area contributed by atoms with Crippen molar-refractivity contribution in [2.45, 2.75) is 33.1 Å². The number of hydrogen-bond donors (Lipinski definition) is 1. The van der Waals surface area contributed by atoms with Gasteiger partial charge in [-0.1, -0.05) is 25.7 Å². The van der Waals surface area contributed by atoms with Crippen LogP contribution in [0.3, 0.4) is 0 Å². The topological polar surface area (TPSA) is 38.4 Å². The summed E-state index contributed by atoms with van der Waals surface area (Å²) in [6.07, 6.45) is 8.84. The highest BCUT2D eigenvalue weighted by atomic mass is 14.8. The predicted octanol–water partition coefficient (Wildman–Crippen LogP) is 2.87. The average Bonchev–Trinajstić information content (AvgIpc) is 2.12. The smallest absolute Gasteiger partial charge is 0.0988 e. The van der Waals surface area contributed by atoms with Gasteiger partial charge in [-0.3, -0.25) is 0 Å². The Bertz CT molecular complexity index is 192. The first-order chi connectivity index (χ1) is 6.20. The molecule has 0 aliphatic carbocycles. The SMILES string of the molecule is C=CN=C(N)CCC(C)C/C=C\C. The molecule has 2 nitrogen and oxygen atoms in total. The van der Waals surface area contributed by atoms with Gasteiger partial charge in [0, 0.05) is 12.6 Å². The van der Waals surface area contributed by atoms with Crippen molar-refractivity contribution in [3.8, 4) is 0 Å². The summed E-state index contributed by atoms with van der Waals surface area (Å²) in [6, 6.07) is 0. The molecule has 0 fully saturated rings. The van der Waals surface area contributed by atoms with E-state index < -0.39 is 0 Å². The molecule has 0 saturated heterocycles. The number of amidine groups is 1. The number of nitrogens with two attached hydrogens (primary N) is 1. The van der Waals surface area contributed by atoms with Crippen LogP contribution in [0, 0.1) is 5.92 Å². The molecule has 0 aliphatic heterocycles. The van der Waals surface area contributed by atoms with Crippen molar-refractivity contribution >= 4 is 5.84 Å². The van der Waals surface area contributed by atoms with E-state index in [1.807, 2.05) is 6.92 Å². The standard InChI is InChI=1S/C11H20N2/c1-4-6-7-10(3)8-9-11(12)13-5-2/h4-6,10H,2,7-9H2,1,3H3,(H2,12,13)/b6-4-. The third-order valence-electron chi connectivity index (χ3n) is 1.92. The summed E-state index contributed by atoms with van der Waals surface area (Å²) in [4.78, 5) is 3.92. The number of nitrogens with zero attached hydrogens (tertiary/aromatic N) is 1. The monoisotopic (exact) mass is 180 g/mol. The Labute approximate surface area is 81.2 Å². The summed E-state index contributed by atoms with van der Waals surface area (Å²) in [6.45, 7) is 7.76. The number of rotatable bonds is 6. The molecule has 13 heavy (non-hydrogen) atoms. The summed E-state index contributed by atoms with van der Waals surface area (Å²) in [5.74, 6) is 1.36. The number of allylic oxidation sites excluding steroid dienone is 2. The Hall–Kier alpha value is -1.05. The minimum Gasteiger partial charge on any atom is -0.387 e. The van der Waals surface area contributed by atoms with E-state index in [9.17, 15) is 0 Å². The Morgan fingerprint density at radius 3 is 2.85 bits per heavy atom. The van der Waals surface area contributed by atoms with Gasteiger partial charge < -0.3 is 5.73 Å². The normalized spacial score (nSPS) is 14.8. The summed E-state index contributed by atoms with van der Waals surface area (Å²) < 4.78 is 0. The van der Waals surface area contributed by atoms with Gasteiger partial charge in [0.1, 0.15) is 0 Å². The third-order valence-corrected chi connectivity index (χ3v) is 1.92. The Morgan fingerprint density at radius 1 is 1.62 bits per heavy atom. The molecule has 0 spiro atoms. The van der Waals surface area contributed by atoms with E-state index in [0.29, 0.717) is 11.8 Å². The van der Waals surface area contributed by atoms with Gasteiger partial charge in [-0.2, -0.15) is 0 Å². The molecule has 1 unspecified atom stereocenters. The van der Waals surface area contributed by atoms with Gasteiger partial charge in [-0.15, -0.1) is 0 Å². The Balaban J connectivity index is 3.62. The molecule has 0 bridgehead atoms. The molecule has 0 rings (SSSR count). The van der Waals surface area contributed by atoms with Crippen LogP contribution in [0.25, 0.3) is 0 Å². The molecular weight excluding hydrogens is 160 g/mol. The molecule has 1 atom stereocenters. The minimum absolute atomic E-state index is 0.676. The quantitative estimate of drug-likeness (QED) is 0.381. The molecular formula is C11H20N2. The van der Waals surface area contributed by atoms with Gasteiger partial charge in [0.25, 0.3) is 0 Å². The molecule has 0 amide bonds. The number of aliphatic imine (C=N–C) groups is 1. The number of hydrogen-bond acceptors (Lipinski definition) is 1. The fraction of sp³-hybridized carbons (Fsp3) is 0.545. The highest BCUT2D eigenvalue weighted by Gasteiger charge is 2.00. The molecule has 2 heteroatoms. The zero-order valence-electron chi connectivity index (χ0n) is 8.66. The van der Waals surface area contributed by atoms with E-state index >= 15 is 0 Å². The van der Waals surface area contributed by atoms with Crippen LogP contribution in [0.1, 0.15) is 33.1 Å². The van der Waals surface area contributed by atoms with Gasteiger partial charge >= 0.3 is 0 Å². The fourth-order valence-corrected chi connectivity index (χ4v) is 1.06. The second kappa shape index (κ2) is 7.59. The molecule has 0 aromatic carbocycles. The highest BCUT2D eigenvalue weighted by molar-refractivity contribution is 5.80. The first-order valence-corrected chi connectivity index (χ1v) is 4.75. The van der Waals surface area contributed by atoms with E-state index in [-0.39, 0.29) is 0 Å². The third kappa shape index (κ3) is 7.32. The van der Waals surface area contributed by atoms with E-state index in [1.54, 1.807) is 0 Å². The lowest BCUT2D eigenvalue weighted by molar-refractivity contribution is 0.553. The van der Waals surface area contributed by atoms with Crippen LogP contribution < -0.4 is 5.73 Å². The van der Waals surface area contributed by atoms with Gasteiger partial charge in [0.15, 0.2) is 0 Å². The largest absolute Gasteiger partial charge is 0.387 e. The zero-order chi connectivity index (χ0) is 10.1. The van der Waals surface area contributed by atoms with Crippen LogP contribution in [-0.2, 0) is 0 Å². The van der Waals surface area contributed by atoms with Crippen molar-refractivity contribution in [3.05, 3.63) is 24.9 Å². The van der Waals surface area contributed by atoms with Crippen molar-refractivity contribution < 1.29 is 0 Å². The lowest BCUT2D eigenvalue weighted by Gasteiger charge is -2.07. The van der Waals surface area contributed by atoms with Gasteiger partial charge in [0.05, 0.1) is 5.84 Å². The van der Waals surface area contributed by atoms with Crippen molar-refractivity contribution in [2.24, 2.45) is 16.6 Å². The lowest BCUT2D eigenvalue weighted by Crippen LogP contribution is -2.12. The molecule has 0 aromatic heterocycles. The Kier molecular flexibility index (Phi) is 6.98. The van der Waals surface area contributed by atoms with E-state index in [4.69, 9.17) is 5.73 Å². The summed E-state index contributed by atoms with van der Waals surface area (Å²) >= 11 is 0. The summed E-state index contributed by atoms with van der Waals surface area (Å²) in [7, 11) is 0. The summed E-state index contributed by atoms with van der Waals surface area (Å²) in [5.41, 5.74) is 5.62. The van der Waals surface area contributed by atoms with Crippen LogP contribution in [-0.4, -0.2) is 5.84 Å². The second-order valence-electron chi connectivity index (χ2n) is 3.25. The maximum Gasteiger partial charge on any atom is 0.0988 e. The van der Waals surface area contributed by atoms with Crippen molar-refractivity contribution in [1.29, 1.82) is 0 Å². The fourth-order valence-electron chi connectivity index (χ4n) is 1.06. The van der Waals surface area contributed by atoms with Crippen LogP contribution in [0.2, 0.25) is 0 Å². The molecule has 0 heterocycles. The van der Waals surface area contributed by atoms with E-state index in [1.165, 1.54) is 6.20 Å². The van der Waals surface area contributed by atoms with Crippen LogP contribution in [0.4, 0.5) is 0 Å². The maximum absolute atomic E-state index is 5.62. The van der Waals surface area contributed by atoms with Crippen LogP contribution in [0.5, 0.6) is 0 Å². The van der Waals surface area contributed by atoms with Crippen molar-refractivity contribution in [1.82, 2.24) is 0 Å². The summed E-state index contributed by atoms with van der Waals surface area (Å²) in [5, 5.41) is 0. The van der Waals surface area contributed by atoms with Gasteiger partial charge in [-0.25, -0.2) is 4.99 Å². The van der Waals surface area contributed by atoms with Crippen LogP contribution >= 0.6 is 0 Å². The molecule has 0 radical (unpaired) electrons. The lowest BCUT2D eigenvalue weighted by atomic mass is 10.0. The molecule has 2 N–H and O–H groups in total. The zero-order valence-corrected chi connectivity index (χ0v) is 8.66. The predicted molar refractivity (Wildman–Crippen MR) is 59.6 cm³/mol. The van der Waals surface area contributed by atoms with Crippen molar-refractivity contribution in [2.75, 3.05) is 0 Å². The van der Waals surface area contributed by atoms with E-state index in [2.05, 4.69) is 30.6 Å². The molecule has 0 aliphatic rings. The second-order valence-corrected chi connectivity index (χ2v) is 3.25.